The highest BCUT2D eigenvalue weighted by atomic mass is 16.5. The van der Waals surface area contributed by atoms with Crippen LogP contribution in [0.1, 0.15) is 36.2 Å². The summed E-state index contributed by atoms with van der Waals surface area (Å²) in [5.41, 5.74) is 11.0. The zero-order chi connectivity index (χ0) is 20.0. The van der Waals surface area contributed by atoms with Gasteiger partial charge in [0, 0.05) is 11.8 Å². The van der Waals surface area contributed by atoms with E-state index >= 15 is 0 Å². The third-order valence-electron chi connectivity index (χ3n) is 5.95. The Morgan fingerprint density at radius 2 is 1.93 bits per heavy atom. The van der Waals surface area contributed by atoms with Gasteiger partial charge in [-0.3, -0.25) is 0 Å². The number of nitrogens with two attached hydrogens (primary N) is 1. The van der Waals surface area contributed by atoms with Crippen LogP contribution in [-0.2, 0) is 12.5 Å². The lowest BCUT2D eigenvalue weighted by Gasteiger charge is -2.39. The monoisotopic (exact) mass is 387 g/mol. The first-order chi connectivity index (χ1) is 14.0. The normalized spacial score (nSPS) is 15.2. The minimum atomic E-state index is -0.173. The number of aryl methyl sites for hydroxylation is 2. The summed E-state index contributed by atoms with van der Waals surface area (Å²) in [6.45, 7) is 1.97. The molecule has 0 atom stereocenters. The molecular weight excluding hydrogens is 364 g/mol. The van der Waals surface area contributed by atoms with E-state index in [2.05, 4.69) is 45.6 Å². The summed E-state index contributed by atoms with van der Waals surface area (Å²) in [6.07, 6.45) is 8.82. The quantitative estimate of drug-likeness (QED) is 0.524. The third kappa shape index (κ3) is 2.90. The molecule has 5 rings (SSSR count). The Hall–Kier alpha value is -3.48. The van der Waals surface area contributed by atoms with E-state index in [-0.39, 0.29) is 5.41 Å². The van der Waals surface area contributed by atoms with E-state index in [1.165, 1.54) is 5.56 Å². The number of H-pyrrole nitrogens is 1. The van der Waals surface area contributed by atoms with Crippen LogP contribution in [0, 0.1) is 6.92 Å². The number of benzene rings is 1. The molecule has 3 heterocycles. The first-order valence-corrected chi connectivity index (χ1v) is 9.77. The van der Waals surface area contributed by atoms with Crippen molar-refractivity contribution in [1.82, 2.24) is 20.2 Å². The molecule has 0 radical (unpaired) electrons. The number of pyridine rings is 1. The molecule has 29 heavy (non-hydrogen) atoms. The van der Waals surface area contributed by atoms with Crippen molar-refractivity contribution >= 4 is 5.82 Å². The molecule has 1 saturated carbocycles. The Bertz CT molecular complexity index is 1170. The van der Waals surface area contributed by atoms with Crippen LogP contribution in [0.15, 0.2) is 53.4 Å². The maximum absolute atomic E-state index is 5.85. The third-order valence-corrected chi connectivity index (χ3v) is 5.95. The van der Waals surface area contributed by atoms with Crippen LogP contribution in [0.4, 0.5) is 5.82 Å². The molecule has 4 aromatic rings. The maximum Gasteiger partial charge on any atom is 0.265 e. The molecule has 7 nitrogen and oxygen atoms in total. The predicted octanol–water partition coefficient (Wildman–Crippen LogP) is 3.31. The minimum absolute atomic E-state index is 0.173. The molecule has 0 amide bonds. The molecule has 146 valence electrons. The SMILES string of the molecule is Cc1cc(-c2ccc(C3(c4noc(-c5c[nH][n+](C)c5)n4)CCC3)cc2)cnc1N. The van der Waals surface area contributed by atoms with Gasteiger partial charge in [0.05, 0.1) is 11.6 Å². The molecule has 0 spiro atoms. The summed E-state index contributed by atoms with van der Waals surface area (Å²) in [4.78, 5) is 9.01. The molecule has 7 heteroatoms. The second kappa shape index (κ2) is 6.55. The predicted molar refractivity (Wildman–Crippen MR) is 109 cm³/mol. The molecule has 1 fully saturated rings. The topological polar surface area (TPSA) is 97.5 Å². The standard InChI is InChI=1S/C22H22N6O/c1-14-10-16(11-24-19(14)23)15-4-6-18(7-5-15)22(8-3-9-22)21-26-20(29-27-21)17-12-25-28(2)13-17/h4-7,10-13H,3,8-9H2,1-2H3,(H2,23,24)/p+1. The molecule has 3 aromatic heterocycles. The maximum atomic E-state index is 5.85. The Morgan fingerprint density at radius 3 is 2.55 bits per heavy atom. The molecule has 0 aliphatic heterocycles. The highest BCUT2D eigenvalue weighted by Gasteiger charge is 2.44. The van der Waals surface area contributed by atoms with E-state index in [0.717, 1.165) is 47.3 Å². The first-order valence-electron chi connectivity index (χ1n) is 9.77. The molecule has 1 aliphatic rings. The number of anilines is 1. The van der Waals surface area contributed by atoms with Crippen molar-refractivity contribution < 1.29 is 9.20 Å². The Balaban J connectivity index is 1.47. The van der Waals surface area contributed by atoms with Gasteiger partial charge in [0.1, 0.15) is 11.4 Å². The number of hydrogen-bond donors (Lipinski definition) is 2. The average molecular weight is 387 g/mol. The molecule has 3 N–H and O–H groups in total. The summed E-state index contributed by atoms with van der Waals surface area (Å²) >= 11 is 0. The Kier molecular flexibility index (Phi) is 3.97. The summed E-state index contributed by atoms with van der Waals surface area (Å²) in [5, 5.41) is 7.42. The van der Waals surface area contributed by atoms with Crippen LogP contribution in [-0.4, -0.2) is 20.2 Å². The molecule has 1 aliphatic carbocycles. The van der Waals surface area contributed by atoms with Gasteiger partial charge in [-0.1, -0.05) is 35.8 Å². The van der Waals surface area contributed by atoms with Crippen molar-refractivity contribution in [3.05, 3.63) is 65.9 Å². The van der Waals surface area contributed by atoms with Gasteiger partial charge in [0.15, 0.2) is 12.9 Å². The van der Waals surface area contributed by atoms with Crippen LogP contribution in [0.3, 0.4) is 0 Å². The van der Waals surface area contributed by atoms with Crippen molar-refractivity contribution in [3.8, 4) is 22.6 Å². The highest BCUT2D eigenvalue weighted by Crippen LogP contribution is 2.48. The zero-order valence-corrected chi connectivity index (χ0v) is 16.5. The van der Waals surface area contributed by atoms with E-state index in [1.807, 2.05) is 37.2 Å². The van der Waals surface area contributed by atoms with Gasteiger partial charge >= 0.3 is 0 Å². The van der Waals surface area contributed by atoms with Gasteiger partial charge in [-0.2, -0.15) is 10.1 Å². The van der Waals surface area contributed by atoms with Gasteiger partial charge in [-0.25, -0.2) is 4.98 Å². The van der Waals surface area contributed by atoms with Crippen molar-refractivity contribution in [3.63, 3.8) is 0 Å². The molecule has 1 aromatic carbocycles. The first kappa shape index (κ1) is 17.6. The van der Waals surface area contributed by atoms with Gasteiger partial charge < -0.3 is 10.3 Å². The zero-order valence-electron chi connectivity index (χ0n) is 16.5. The number of rotatable bonds is 4. The van der Waals surface area contributed by atoms with E-state index < -0.39 is 0 Å². The Morgan fingerprint density at radius 1 is 1.14 bits per heavy atom. The number of hydrogen-bond acceptors (Lipinski definition) is 5. The fourth-order valence-electron chi connectivity index (χ4n) is 4.00. The largest absolute Gasteiger partial charge is 0.383 e. The lowest BCUT2D eigenvalue weighted by atomic mass is 9.64. The van der Waals surface area contributed by atoms with Crippen molar-refractivity contribution in [2.45, 2.75) is 31.6 Å². The number of nitrogens with one attached hydrogen (secondary N) is 1. The van der Waals surface area contributed by atoms with Crippen molar-refractivity contribution in [2.24, 2.45) is 7.05 Å². The van der Waals surface area contributed by atoms with Crippen LogP contribution in [0.5, 0.6) is 0 Å². The second-order valence-corrected chi connectivity index (χ2v) is 7.83. The average Bonchev–Trinajstić information content (AvgIpc) is 3.33. The van der Waals surface area contributed by atoms with Crippen LogP contribution in [0.2, 0.25) is 0 Å². The highest BCUT2D eigenvalue weighted by molar-refractivity contribution is 5.66. The number of nitrogens with zero attached hydrogens (tertiary/aromatic N) is 4. The van der Waals surface area contributed by atoms with Gasteiger partial charge in [0.25, 0.3) is 5.89 Å². The smallest absolute Gasteiger partial charge is 0.265 e. The van der Waals surface area contributed by atoms with Gasteiger partial charge in [0.2, 0.25) is 6.20 Å². The number of aromatic amines is 1. The van der Waals surface area contributed by atoms with Crippen LogP contribution >= 0.6 is 0 Å². The van der Waals surface area contributed by atoms with E-state index in [0.29, 0.717) is 11.7 Å². The lowest BCUT2D eigenvalue weighted by Crippen LogP contribution is -2.36. The van der Waals surface area contributed by atoms with Crippen LogP contribution < -0.4 is 10.4 Å². The molecule has 0 bridgehead atoms. The van der Waals surface area contributed by atoms with Crippen molar-refractivity contribution in [2.75, 3.05) is 5.73 Å². The summed E-state index contributed by atoms with van der Waals surface area (Å²) in [5.74, 6) is 1.88. The van der Waals surface area contributed by atoms with E-state index in [9.17, 15) is 0 Å². The molecule has 0 unspecified atom stereocenters. The fraction of sp³-hybridized carbons (Fsp3) is 0.273. The van der Waals surface area contributed by atoms with Gasteiger partial charge in [-0.15, -0.1) is 4.68 Å². The van der Waals surface area contributed by atoms with E-state index in [4.69, 9.17) is 15.2 Å². The molecular formula is C22H23N6O+. The Labute approximate surface area is 168 Å². The van der Waals surface area contributed by atoms with Crippen molar-refractivity contribution in [1.29, 1.82) is 0 Å². The van der Waals surface area contributed by atoms with Crippen LogP contribution in [0.25, 0.3) is 22.6 Å². The minimum Gasteiger partial charge on any atom is -0.383 e. The summed E-state index contributed by atoms with van der Waals surface area (Å²) in [7, 11) is 1.92. The van der Waals surface area contributed by atoms with E-state index in [1.54, 1.807) is 0 Å². The number of aromatic nitrogens is 5. The summed E-state index contributed by atoms with van der Waals surface area (Å²) < 4.78 is 7.42. The summed E-state index contributed by atoms with van der Waals surface area (Å²) in [6, 6.07) is 10.7. The second-order valence-electron chi connectivity index (χ2n) is 7.83. The number of nitrogen functional groups attached to an aromatic ring is 1. The lowest BCUT2D eigenvalue weighted by molar-refractivity contribution is -0.726. The fourth-order valence-corrected chi connectivity index (χ4v) is 4.00. The molecule has 0 saturated heterocycles. The van der Waals surface area contributed by atoms with Gasteiger partial charge in [-0.05, 0) is 42.5 Å².